The van der Waals surface area contributed by atoms with Gasteiger partial charge in [-0.25, -0.2) is 0 Å². The Morgan fingerprint density at radius 1 is 1.00 bits per heavy atom. The number of alkyl halides is 3. The maximum Gasteiger partial charge on any atom is 0.416 e. The number of nitrogens with zero attached hydrogens (tertiary/aromatic N) is 3. The molecule has 7 nitrogen and oxygen atoms in total. The molecule has 0 N–H and O–H groups in total. The Balaban J connectivity index is 1.53. The topological polar surface area (TPSA) is 79.4 Å². The molecular formula is C24H20F3N3O4. The summed E-state index contributed by atoms with van der Waals surface area (Å²) in [6.45, 7) is 1.16. The molecule has 0 saturated heterocycles. The van der Waals surface area contributed by atoms with Crippen LogP contribution < -0.4 is 10.3 Å². The van der Waals surface area contributed by atoms with Gasteiger partial charge in [-0.2, -0.15) is 18.2 Å². The first-order valence-electron chi connectivity index (χ1n) is 10.3. The minimum absolute atomic E-state index is 0.0717. The highest BCUT2D eigenvalue weighted by molar-refractivity contribution is 5.59. The molecule has 0 aliphatic heterocycles. The third kappa shape index (κ3) is 5.52. The minimum atomic E-state index is -4.43. The zero-order valence-corrected chi connectivity index (χ0v) is 18.1. The van der Waals surface area contributed by atoms with Crippen LogP contribution >= 0.6 is 0 Å². The van der Waals surface area contributed by atoms with Gasteiger partial charge in [0.2, 0.25) is 5.82 Å². The predicted octanol–water partition coefficient (Wildman–Crippen LogP) is 4.66. The van der Waals surface area contributed by atoms with Gasteiger partial charge in [0.1, 0.15) is 12.4 Å². The molecule has 4 rings (SSSR count). The lowest BCUT2D eigenvalue weighted by Gasteiger charge is -2.10. The summed E-state index contributed by atoms with van der Waals surface area (Å²) in [5.74, 6) is 0.945. The predicted molar refractivity (Wildman–Crippen MR) is 117 cm³/mol. The van der Waals surface area contributed by atoms with Crippen molar-refractivity contribution in [1.29, 1.82) is 0 Å². The van der Waals surface area contributed by atoms with E-state index in [1.54, 1.807) is 19.4 Å². The highest BCUT2D eigenvalue weighted by Crippen LogP contribution is 2.31. The number of rotatable bonds is 8. The molecule has 0 aliphatic carbocycles. The van der Waals surface area contributed by atoms with Crippen LogP contribution in [0.5, 0.6) is 5.75 Å². The lowest BCUT2D eigenvalue weighted by molar-refractivity contribution is -0.137. The van der Waals surface area contributed by atoms with Gasteiger partial charge >= 0.3 is 6.18 Å². The first-order chi connectivity index (χ1) is 16.3. The van der Waals surface area contributed by atoms with Crippen molar-refractivity contribution in [3.05, 3.63) is 88.3 Å². The summed E-state index contributed by atoms with van der Waals surface area (Å²) in [6.07, 6.45) is -2.83. The highest BCUT2D eigenvalue weighted by atomic mass is 19.4. The van der Waals surface area contributed by atoms with Crippen molar-refractivity contribution < 1.29 is 27.2 Å². The standard InChI is InChI=1S/C24H20F3N3O4/c1-32-11-12-33-20-4-2-3-16(13-20)14-30-15-18(7-10-21(30)31)22-28-23(34-29-22)17-5-8-19(9-6-17)24(25,26)27/h2-10,13,15H,11-12,14H2,1H3. The second kappa shape index (κ2) is 9.92. The fraction of sp³-hybridized carbons (Fsp3) is 0.208. The summed E-state index contributed by atoms with van der Waals surface area (Å²) in [7, 11) is 1.59. The minimum Gasteiger partial charge on any atom is -0.491 e. The molecule has 0 unspecified atom stereocenters. The molecule has 2 heterocycles. The number of hydrogen-bond donors (Lipinski definition) is 0. The average molecular weight is 471 g/mol. The van der Waals surface area contributed by atoms with Crippen LogP contribution in [0.2, 0.25) is 0 Å². The summed E-state index contributed by atoms with van der Waals surface area (Å²) in [6, 6.07) is 14.8. The summed E-state index contributed by atoms with van der Waals surface area (Å²) in [5.41, 5.74) is 0.740. The number of benzene rings is 2. The van der Waals surface area contributed by atoms with Crippen molar-refractivity contribution in [3.8, 4) is 28.6 Å². The summed E-state index contributed by atoms with van der Waals surface area (Å²) in [4.78, 5) is 16.7. The van der Waals surface area contributed by atoms with Crippen molar-refractivity contribution in [3.63, 3.8) is 0 Å². The molecule has 10 heteroatoms. The van der Waals surface area contributed by atoms with Gasteiger partial charge in [-0.3, -0.25) is 4.79 Å². The first-order valence-corrected chi connectivity index (χ1v) is 10.3. The van der Waals surface area contributed by atoms with Gasteiger partial charge in [0.05, 0.1) is 18.7 Å². The van der Waals surface area contributed by atoms with Crippen molar-refractivity contribution in [2.24, 2.45) is 0 Å². The number of ether oxygens (including phenoxy) is 2. The van der Waals surface area contributed by atoms with Crippen LogP contribution in [0.4, 0.5) is 13.2 Å². The normalized spacial score (nSPS) is 11.5. The Bertz CT molecular complexity index is 1310. The molecule has 0 radical (unpaired) electrons. The third-order valence-electron chi connectivity index (χ3n) is 4.93. The van der Waals surface area contributed by atoms with E-state index in [0.29, 0.717) is 30.1 Å². The number of hydrogen-bond acceptors (Lipinski definition) is 6. The molecule has 0 aliphatic rings. The SMILES string of the molecule is COCCOc1cccc(Cn2cc(-c3noc(-c4ccc(C(F)(F)F)cc4)n3)ccc2=O)c1. The zero-order valence-electron chi connectivity index (χ0n) is 18.1. The number of methoxy groups -OCH3 is 1. The van der Waals surface area contributed by atoms with E-state index < -0.39 is 11.7 Å². The molecule has 0 saturated carbocycles. The Hall–Kier alpha value is -3.92. The molecule has 176 valence electrons. The highest BCUT2D eigenvalue weighted by Gasteiger charge is 2.30. The summed E-state index contributed by atoms with van der Waals surface area (Å²) in [5, 5.41) is 3.91. The van der Waals surface area contributed by atoms with Gasteiger partial charge in [-0.05, 0) is 48.0 Å². The third-order valence-corrected chi connectivity index (χ3v) is 4.93. The van der Waals surface area contributed by atoms with Crippen LogP contribution in [-0.2, 0) is 17.5 Å². The van der Waals surface area contributed by atoms with Crippen LogP contribution in [0.25, 0.3) is 22.8 Å². The van der Waals surface area contributed by atoms with Gasteiger partial charge < -0.3 is 18.6 Å². The number of pyridine rings is 1. The van der Waals surface area contributed by atoms with Crippen molar-refractivity contribution in [1.82, 2.24) is 14.7 Å². The van der Waals surface area contributed by atoms with Crippen molar-refractivity contribution in [2.75, 3.05) is 20.3 Å². The smallest absolute Gasteiger partial charge is 0.416 e. The van der Waals surface area contributed by atoms with Crippen LogP contribution in [0, 0.1) is 0 Å². The maximum atomic E-state index is 12.8. The number of aromatic nitrogens is 3. The van der Waals surface area contributed by atoms with Gasteiger partial charge in [0.15, 0.2) is 0 Å². The van der Waals surface area contributed by atoms with E-state index in [9.17, 15) is 18.0 Å². The molecule has 0 bridgehead atoms. The summed E-state index contributed by atoms with van der Waals surface area (Å²) < 4.78 is 55.6. The van der Waals surface area contributed by atoms with Crippen LogP contribution in [0.3, 0.4) is 0 Å². The Morgan fingerprint density at radius 3 is 2.50 bits per heavy atom. The summed E-state index contributed by atoms with van der Waals surface area (Å²) >= 11 is 0. The Morgan fingerprint density at radius 2 is 1.76 bits per heavy atom. The monoisotopic (exact) mass is 471 g/mol. The van der Waals surface area contributed by atoms with Crippen LogP contribution in [-0.4, -0.2) is 35.0 Å². The van der Waals surface area contributed by atoms with Crippen LogP contribution in [0.1, 0.15) is 11.1 Å². The van der Waals surface area contributed by atoms with Crippen LogP contribution in [0.15, 0.2) is 76.2 Å². The molecule has 2 aromatic heterocycles. The van der Waals surface area contributed by atoms with E-state index in [2.05, 4.69) is 10.1 Å². The van der Waals surface area contributed by atoms with Crippen molar-refractivity contribution in [2.45, 2.75) is 12.7 Å². The molecule has 0 spiro atoms. The fourth-order valence-electron chi connectivity index (χ4n) is 3.22. The fourth-order valence-corrected chi connectivity index (χ4v) is 3.22. The molecule has 34 heavy (non-hydrogen) atoms. The van der Waals surface area contributed by atoms with Gasteiger partial charge in [-0.15, -0.1) is 0 Å². The van der Waals surface area contributed by atoms with E-state index in [-0.39, 0.29) is 23.8 Å². The number of halogens is 3. The Kier molecular flexibility index (Phi) is 6.78. The van der Waals surface area contributed by atoms with Crippen molar-refractivity contribution >= 4 is 0 Å². The van der Waals surface area contributed by atoms with Gasteiger partial charge in [0, 0.05) is 30.5 Å². The maximum absolute atomic E-state index is 12.8. The molecule has 0 amide bonds. The van der Waals surface area contributed by atoms with Gasteiger partial charge in [0.25, 0.3) is 11.4 Å². The molecule has 4 aromatic rings. The van der Waals surface area contributed by atoms with E-state index in [1.165, 1.54) is 22.8 Å². The molecule has 0 atom stereocenters. The average Bonchev–Trinajstić information content (AvgIpc) is 3.31. The largest absolute Gasteiger partial charge is 0.491 e. The first kappa shape index (κ1) is 23.2. The lowest BCUT2D eigenvalue weighted by Crippen LogP contribution is -2.19. The van der Waals surface area contributed by atoms with E-state index in [4.69, 9.17) is 14.0 Å². The zero-order chi connectivity index (χ0) is 24.1. The Labute approximate surface area is 192 Å². The lowest BCUT2D eigenvalue weighted by atomic mass is 10.1. The second-order valence-corrected chi connectivity index (χ2v) is 7.37. The molecule has 0 fully saturated rings. The van der Waals surface area contributed by atoms with E-state index in [1.807, 2.05) is 24.3 Å². The molecular weight excluding hydrogens is 451 g/mol. The van der Waals surface area contributed by atoms with E-state index in [0.717, 1.165) is 17.7 Å². The molecule has 2 aromatic carbocycles. The van der Waals surface area contributed by atoms with E-state index >= 15 is 0 Å². The quantitative estimate of drug-likeness (QED) is 0.348. The second-order valence-electron chi connectivity index (χ2n) is 7.37. The van der Waals surface area contributed by atoms with Gasteiger partial charge in [-0.1, -0.05) is 17.3 Å².